The van der Waals surface area contributed by atoms with E-state index in [1.165, 1.54) is 30.9 Å². The highest BCUT2D eigenvalue weighted by molar-refractivity contribution is 5.90. The maximum Gasteiger partial charge on any atom is 0.414 e. The van der Waals surface area contributed by atoms with Gasteiger partial charge in [-0.15, -0.1) is 0 Å². The Labute approximate surface area is 150 Å². The Morgan fingerprint density at radius 2 is 2.08 bits per heavy atom. The van der Waals surface area contributed by atoms with Gasteiger partial charge in [-0.1, -0.05) is 0 Å². The molecule has 0 saturated carbocycles. The van der Waals surface area contributed by atoms with E-state index in [1.807, 2.05) is 0 Å². The molecule has 0 radical (unpaired) electrons. The molecule has 1 fully saturated rings. The minimum absolute atomic E-state index is 0.0256. The number of hydrogen-bond acceptors (Lipinski definition) is 7. The van der Waals surface area contributed by atoms with Gasteiger partial charge in [-0.25, -0.2) is 20.0 Å². The van der Waals surface area contributed by atoms with Crippen LogP contribution in [-0.2, 0) is 14.3 Å². The quantitative estimate of drug-likeness (QED) is 0.283. The highest BCUT2D eigenvalue weighted by Gasteiger charge is 2.32. The molecular weight excluding hydrogens is 345 g/mol. The molecule has 1 aromatic carbocycles. The summed E-state index contributed by atoms with van der Waals surface area (Å²) in [6.07, 6.45) is -1.07. The number of amides is 2. The number of ketones is 1. The number of cyclic esters (lactones) is 1. The van der Waals surface area contributed by atoms with E-state index in [2.05, 4.69) is 21.5 Å². The van der Waals surface area contributed by atoms with Crippen molar-refractivity contribution in [3.8, 4) is 0 Å². The molecule has 1 atom stereocenters. The zero-order valence-corrected chi connectivity index (χ0v) is 14.6. The number of benzene rings is 1. The molecule has 26 heavy (non-hydrogen) atoms. The van der Waals surface area contributed by atoms with Crippen molar-refractivity contribution < 1.29 is 23.5 Å². The lowest BCUT2D eigenvalue weighted by Crippen LogP contribution is -2.38. The van der Waals surface area contributed by atoms with Crippen molar-refractivity contribution in [3.05, 3.63) is 24.0 Å². The summed E-state index contributed by atoms with van der Waals surface area (Å²) in [4.78, 5) is 34.9. The first-order valence-electron chi connectivity index (χ1n) is 8.08. The largest absolute Gasteiger partial charge is 0.442 e. The van der Waals surface area contributed by atoms with Crippen molar-refractivity contribution in [1.29, 1.82) is 0 Å². The molecule has 2 amide bonds. The molecule has 1 saturated heterocycles. The van der Waals surface area contributed by atoms with Gasteiger partial charge in [-0.05, 0) is 25.1 Å². The van der Waals surface area contributed by atoms with Crippen molar-refractivity contribution >= 4 is 29.2 Å². The average Bonchev–Trinajstić information content (AvgIpc) is 2.94. The van der Waals surface area contributed by atoms with Crippen LogP contribution in [0.3, 0.4) is 0 Å². The summed E-state index contributed by atoms with van der Waals surface area (Å²) < 4.78 is 19.4. The van der Waals surface area contributed by atoms with Crippen molar-refractivity contribution in [3.63, 3.8) is 0 Å². The van der Waals surface area contributed by atoms with Crippen LogP contribution in [0.15, 0.2) is 18.2 Å². The number of carbonyl (C=O) groups is 3. The summed E-state index contributed by atoms with van der Waals surface area (Å²) in [5.74, 6) is -0.774. The molecule has 0 aromatic heterocycles. The SMILES string of the molecule is CC(=O)CNNCNc1ccc(N2C[C@H](CNC(C)=O)OC2=O)cc1F. The van der Waals surface area contributed by atoms with Crippen LogP contribution in [0.2, 0.25) is 0 Å². The summed E-state index contributed by atoms with van der Waals surface area (Å²) in [7, 11) is 0. The Balaban J connectivity index is 1.89. The number of anilines is 2. The highest BCUT2D eigenvalue weighted by Crippen LogP contribution is 2.25. The third kappa shape index (κ3) is 5.67. The third-order valence-corrected chi connectivity index (χ3v) is 3.55. The van der Waals surface area contributed by atoms with E-state index in [0.717, 1.165) is 0 Å². The highest BCUT2D eigenvalue weighted by atomic mass is 19.1. The fraction of sp³-hybridized carbons (Fsp3) is 0.438. The van der Waals surface area contributed by atoms with Crippen molar-refractivity contribution in [1.82, 2.24) is 16.2 Å². The molecule has 0 bridgehead atoms. The second-order valence-corrected chi connectivity index (χ2v) is 5.80. The van der Waals surface area contributed by atoms with Crippen molar-refractivity contribution in [2.75, 3.05) is 36.5 Å². The van der Waals surface area contributed by atoms with Crippen molar-refractivity contribution in [2.45, 2.75) is 20.0 Å². The number of nitrogens with zero attached hydrogens (tertiary/aromatic N) is 1. The Kier molecular flexibility index (Phi) is 6.87. The Morgan fingerprint density at radius 1 is 1.31 bits per heavy atom. The number of Topliss-reactive ketones (excluding diaryl/α,β-unsaturated/α-hetero) is 1. The predicted octanol–water partition coefficient (Wildman–Crippen LogP) is 0.340. The molecule has 0 aliphatic carbocycles. The maximum absolute atomic E-state index is 14.2. The third-order valence-electron chi connectivity index (χ3n) is 3.55. The van der Waals surface area contributed by atoms with Crippen LogP contribution in [0.5, 0.6) is 0 Å². The lowest BCUT2D eigenvalue weighted by Gasteiger charge is -2.15. The van der Waals surface area contributed by atoms with Gasteiger partial charge in [0.15, 0.2) is 0 Å². The first-order chi connectivity index (χ1) is 12.4. The zero-order valence-electron chi connectivity index (χ0n) is 14.6. The van der Waals surface area contributed by atoms with Gasteiger partial charge in [0.1, 0.15) is 17.7 Å². The van der Waals surface area contributed by atoms with E-state index in [1.54, 1.807) is 6.07 Å². The van der Waals surface area contributed by atoms with E-state index in [0.29, 0.717) is 5.69 Å². The molecule has 0 spiro atoms. The Morgan fingerprint density at radius 3 is 2.73 bits per heavy atom. The summed E-state index contributed by atoms with van der Waals surface area (Å²) in [5.41, 5.74) is 6.02. The number of halogens is 1. The van der Waals surface area contributed by atoms with Crippen LogP contribution in [0.4, 0.5) is 20.6 Å². The number of hydrazine groups is 1. The number of rotatable bonds is 9. The number of carbonyl (C=O) groups excluding carboxylic acids is 3. The second-order valence-electron chi connectivity index (χ2n) is 5.80. The van der Waals surface area contributed by atoms with E-state index in [4.69, 9.17) is 4.74 Å². The van der Waals surface area contributed by atoms with Gasteiger partial charge in [0.25, 0.3) is 0 Å². The molecule has 9 nitrogen and oxygen atoms in total. The monoisotopic (exact) mass is 367 g/mol. The molecule has 1 aliphatic rings. The van der Waals surface area contributed by atoms with E-state index >= 15 is 0 Å². The molecule has 2 rings (SSSR count). The molecular formula is C16H22FN5O4. The van der Waals surface area contributed by atoms with Crippen LogP contribution in [-0.4, -0.2) is 50.2 Å². The minimum Gasteiger partial charge on any atom is -0.442 e. The fourth-order valence-corrected chi connectivity index (χ4v) is 2.30. The maximum atomic E-state index is 14.2. The summed E-state index contributed by atoms with van der Waals surface area (Å²) in [5, 5.41) is 5.40. The molecule has 1 aromatic rings. The number of hydrogen-bond donors (Lipinski definition) is 4. The lowest BCUT2D eigenvalue weighted by molar-refractivity contribution is -0.119. The molecule has 1 heterocycles. The summed E-state index contributed by atoms with van der Waals surface area (Å²) in [6, 6.07) is 4.33. The van der Waals surface area contributed by atoms with E-state index in [9.17, 15) is 18.8 Å². The average molecular weight is 367 g/mol. The van der Waals surface area contributed by atoms with Gasteiger partial charge < -0.3 is 15.4 Å². The molecule has 10 heteroatoms. The molecule has 142 valence electrons. The predicted molar refractivity (Wildman–Crippen MR) is 93.0 cm³/mol. The van der Waals surface area contributed by atoms with Crippen LogP contribution in [0.25, 0.3) is 0 Å². The van der Waals surface area contributed by atoms with Gasteiger partial charge >= 0.3 is 6.09 Å². The number of nitrogens with one attached hydrogen (secondary N) is 4. The first kappa shape index (κ1) is 19.6. The van der Waals surface area contributed by atoms with Crippen LogP contribution in [0, 0.1) is 5.82 Å². The molecule has 1 aliphatic heterocycles. The number of ether oxygens (including phenoxy) is 1. The second kappa shape index (κ2) is 9.11. The van der Waals surface area contributed by atoms with Gasteiger partial charge in [-0.2, -0.15) is 0 Å². The summed E-state index contributed by atoms with van der Waals surface area (Å²) in [6.45, 7) is 3.62. The van der Waals surface area contributed by atoms with Gasteiger partial charge in [0.05, 0.1) is 37.7 Å². The standard InChI is InChI=1S/C16H22FN5O4/c1-10(23)6-20-21-9-19-15-4-3-12(5-14(15)17)22-8-13(26-16(22)25)7-18-11(2)24/h3-5,13,19-21H,6-9H2,1-2H3,(H,18,24)/t13-/m0/s1. The Bertz CT molecular complexity index is 685. The lowest BCUT2D eigenvalue weighted by atomic mass is 10.2. The van der Waals surface area contributed by atoms with Gasteiger partial charge in [-0.3, -0.25) is 14.5 Å². The normalized spacial score (nSPS) is 16.3. The minimum atomic E-state index is -0.587. The molecule has 4 N–H and O–H groups in total. The van der Waals surface area contributed by atoms with E-state index in [-0.39, 0.29) is 43.7 Å². The van der Waals surface area contributed by atoms with Crippen LogP contribution >= 0.6 is 0 Å². The van der Waals surface area contributed by atoms with Crippen molar-refractivity contribution in [2.24, 2.45) is 0 Å². The molecule has 0 unspecified atom stereocenters. The van der Waals surface area contributed by atoms with Crippen LogP contribution in [0.1, 0.15) is 13.8 Å². The fourth-order valence-electron chi connectivity index (χ4n) is 2.30. The van der Waals surface area contributed by atoms with Gasteiger partial charge in [0.2, 0.25) is 5.91 Å². The topological polar surface area (TPSA) is 112 Å². The smallest absolute Gasteiger partial charge is 0.414 e. The first-order valence-corrected chi connectivity index (χ1v) is 8.08. The zero-order chi connectivity index (χ0) is 19.1. The summed E-state index contributed by atoms with van der Waals surface area (Å²) >= 11 is 0. The van der Waals surface area contributed by atoms with Gasteiger partial charge in [0, 0.05) is 6.92 Å². The Hall–Kier alpha value is -2.72. The van der Waals surface area contributed by atoms with Crippen LogP contribution < -0.4 is 26.4 Å². The van der Waals surface area contributed by atoms with E-state index < -0.39 is 18.0 Å².